The molecule has 2 nitrogen and oxygen atoms in total. The number of hydrogen-bond acceptors (Lipinski definition) is 2. The maximum atomic E-state index is 3.68. The molecule has 2 atom stereocenters. The highest BCUT2D eigenvalue weighted by atomic mass is 15.1. The first-order valence-corrected chi connectivity index (χ1v) is 8.75. The average Bonchev–Trinajstić information content (AvgIpc) is 2.47. The third-order valence-corrected chi connectivity index (χ3v) is 4.89. The first kappa shape index (κ1) is 16.5. The number of hydrogen-bond donors (Lipinski definition) is 1. The summed E-state index contributed by atoms with van der Waals surface area (Å²) in [7, 11) is 0. The Balaban J connectivity index is 1.94. The third-order valence-electron chi connectivity index (χ3n) is 4.89. The number of nitrogens with zero attached hydrogens (tertiary/aromatic N) is 1. The van der Waals surface area contributed by atoms with Gasteiger partial charge in [-0.15, -0.1) is 0 Å². The lowest BCUT2D eigenvalue weighted by atomic mass is 9.84. The van der Waals surface area contributed by atoms with E-state index in [-0.39, 0.29) is 0 Å². The van der Waals surface area contributed by atoms with E-state index in [0.29, 0.717) is 12.0 Å². The second-order valence-corrected chi connectivity index (χ2v) is 6.57. The van der Waals surface area contributed by atoms with Crippen LogP contribution in [0.3, 0.4) is 0 Å². The highest BCUT2D eigenvalue weighted by molar-refractivity contribution is 5.19. The molecule has 0 spiro atoms. The first-order valence-electron chi connectivity index (χ1n) is 8.75. The van der Waals surface area contributed by atoms with Crippen LogP contribution in [0.15, 0.2) is 30.3 Å². The molecule has 0 aromatic heterocycles. The quantitative estimate of drug-likeness (QED) is 0.736. The monoisotopic (exact) mass is 288 g/mol. The van der Waals surface area contributed by atoms with Crippen LogP contribution >= 0.6 is 0 Å². The maximum Gasteiger partial charge on any atom is 0.0358 e. The van der Waals surface area contributed by atoms with Crippen molar-refractivity contribution in [2.45, 2.75) is 46.1 Å². The molecular formula is C19H32N2. The zero-order valence-electron chi connectivity index (χ0n) is 14.0. The normalized spacial score (nSPS) is 18.5. The Morgan fingerprint density at radius 3 is 2.43 bits per heavy atom. The summed E-state index contributed by atoms with van der Waals surface area (Å²) in [6.45, 7) is 11.6. The summed E-state index contributed by atoms with van der Waals surface area (Å²) in [6, 6.07) is 11.4. The van der Waals surface area contributed by atoms with E-state index in [0.717, 1.165) is 12.5 Å². The van der Waals surface area contributed by atoms with Gasteiger partial charge < -0.3 is 10.2 Å². The molecule has 1 fully saturated rings. The van der Waals surface area contributed by atoms with E-state index in [1.54, 1.807) is 0 Å². The molecule has 1 aliphatic carbocycles. The van der Waals surface area contributed by atoms with Gasteiger partial charge in [0, 0.05) is 19.1 Å². The van der Waals surface area contributed by atoms with E-state index < -0.39 is 0 Å². The molecule has 0 heterocycles. The molecular weight excluding hydrogens is 256 g/mol. The molecule has 1 aromatic rings. The van der Waals surface area contributed by atoms with Gasteiger partial charge in [0.1, 0.15) is 0 Å². The third kappa shape index (κ3) is 4.82. The molecule has 1 aliphatic rings. The zero-order chi connectivity index (χ0) is 15.1. The van der Waals surface area contributed by atoms with Gasteiger partial charge in [0.25, 0.3) is 0 Å². The summed E-state index contributed by atoms with van der Waals surface area (Å²) in [6.07, 6.45) is 4.34. The summed E-state index contributed by atoms with van der Waals surface area (Å²) in [5.74, 6) is 1.60. The summed E-state index contributed by atoms with van der Waals surface area (Å²) >= 11 is 0. The summed E-state index contributed by atoms with van der Waals surface area (Å²) in [5.41, 5.74) is 1.42. The largest absolute Gasteiger partial charge is 0.310 e. The van der Waals surface area contributed by atoms with Gasteiger partial charge in [0.05, 0.1) is 0 Å². The van der Waals surface area contributed by atoms with E-state index >= 15 is 0 Å². The minimum atomic E-state index is 0.464. The van der Waals surface area contributed by atoms with Gasteiger partial charge in [-0.05, 0) is 43.3 Å². The standard InChI is InChI=1S/C19H32N2/c1-4-20-19(18-12-7-6-8-13-18)16(3)14-21(5-2)15-17-10-9-11-17/h6-8,12-13,16-17,19-20H,4-5,9-11,14-15H2,1-3H3. The van der Waals surface area contributed by atoms with Gasteiger partial charge in [0.15, 0.2) is 0 Å². The highest BCUT2D eigenvalue weighted by Crippen LogP contribution is 2.28. The molecule has 0 aliphatic heterocycles. The molecule has 0 bridgehead atoms. The van der Waals surface area contributed by atoms with Gasteiger partial charge >= 0.3 is 0 Å². The van der Waals surface area contributed by atoms with Crippen LogP contribution < -0.4 is 5.32 Å². The van der Waals surface area contributed by atoms with Crippen LogP contribution in [0.5, 0.6) is 0 Å². The van der Waals surface area contributed by atoms with Crippen molar-refractivity contribution in [1.82, 2.24) is 10.2 Å². The Morgan fingerprint density at radius 1 is 1.19 bits per heavy atom. The van der Waals surface area contributed by atoms with Crippen molar-refractivity contribution >= 4 is 0 Å². The minimum absolute atomic E-state index is 0.464. The SMILES string of the molecule is CCNC(c1ccccc1)C(C)CN(CC)CC1CCC1. The highest BCUT2D eigenvalue weighted by Gasteiger charge is 2.24. The van der Waals surface area contributed by atoms with Crippen molar-refractivity contribution in [3.8, 4) is 0 Å². The van der Waals surface area contributed by atoms with Crippen LogP contribution in [0.1, 0.15) is 51.6 Å². The Hall–Kier alpha value is -0.860. The Labute approximate surface area is 130 Å². The van der Waals surface area contributed by atoms with Crippen molar-refractivity contribution in [3.05, 3.63) is 35.9 Å². The van der Waals surface area contributed by atoms with E-state index in [9.17, 15) is 0 Å². The Kier molecular flexibility index (Phi) is 6.72. The molecule has 2 heteroatoms. The summed E-state index contributed by atoms with van der Waals surface area (Å²) in [5, 5.41) is 3.68. The number of rotatable bonds is 9. The van der Waals surface area contributed by atoms with Gasteiger partial charge in [-0.1, -0.05) is 57.5 Å². The second kappa shape index (κ2) is 8.55. The fraction of sp³-hybridized carbons (Fsp3) is 0.684. The van der Waals surface area contributed by atoms with E-state index in [1.165, 1.54) is 44.5 Å². The topological polar surface area (TPSA) is 15.3 Å². The van der Waals surface area contributed by atoms with E-state index in [4.69, 9.17) is 0 Å². The maximum absolute atomic E-state index is 3.68. The summed E-state index contributed by atoms with van der Waals surface area (Å²) in [4.78, 5) is 2.65. The molecule has 1 aromatic carbocycles. The first-order chi connectivity index (χ1) is 10.2. The fourth-order valence-electron chi connectivity index (χ4n) is 3.41. The second-order valence-electron chi connectivity index (χ2n) is 6.57. The van der Waals surface area contributed by atoms with Gasteiger partial charge in [-0.2, -0.15) is 0 Å². The molecule has 1 saturated carbocycles. The number of nitrogens with one attached hydrogen (secondary N) is 1. The predicted octanol–water partition coefficient (Wildman–Crippen LogP) is 4.10. The predicted molar refractivity (Wildman–Crippen MR) is 91.5 cm³/mol. The molecule has 2 unspecified atom stereocenters. The molecule has 0 radical (unpaired) electrons. The Morgan fingerprint density at radius 2 is 1.90 bits per heavy atom. The van der Waals surface area contributed by atoms with Crippen LogP contribution in [0.2, 0.25) is 0 Å². The fourth-order valence-corrected chi connectivity index (χ4v) is 3.41. The summed E-state index contributed by atoms with van der Waals surface area (Å²) < 4.78 is 0. The van der Waals surface area contributed by atoms with Crippen molar-refractivity contribution in [2.75, 3.05) is 26.2 Å². The number of benzene rings is 1. The molecule has 21 heavy (non-hydrogen) atoms. The van der Waals surface area contributed by atoms with Gasteiger partial charge in [0.2, 0.25) is 0 Å². The van der Waals surface area contributed by atoms with E-state index in [1.807, 2.05) is 0 Å². The van der Waals surface area contributed by atoms with Crippen LogP contribution in [0.4, 0.5) is 0 Å². The van der Waals surface area contributed by atoms with Gasteiger partial charge in [-0.25, -0.2) is 0 Å². The smallest absolute Gasteiger partial charge is 0.0358 e. The molecule has 1 N–H and O–H groups in total. The van der Waals surface area contributed by atoms with Crippen molar-refractivity contribution in [1.29, 1.82) is 0 Å². The van der Waals surface area contributed by atoms with E-state index in [2.05, 4.69) is 61.3 Å². The molecule has 118 valence electrons. The Bertz CT molecular complexity index is 386. The lowest BCUT2D eigenvalue weighted by molar-refractivity contribution is 0.155. The van der Waals surface area contributed by atoms with Gasteiger partial charge in [-0.3, -0.25) is 0 Å². The van der Waals surface area contributed by atoms with Crippen LogP contribution in [0, 0.1) is 11.8 Å². The van der Waals surface area contributed by atoms with Crippen LogP contribution in [-0.4, -0.2) is 31.1 Å². The lowest BCUT2D eigenvalue weighted by Gasteiger charge is -2.35. The molecule has 2 rings (SSSR count). The van der Waals surface area contributed by atoms with Crippen molar-refractivity contribution in [3.63, 3.8) is 0 Å². The van der Waals surface area contributed by atoms with Crippen LogP contribution in [0.25, 0.3) is 0 Å². The van der Waals surface area contributed by atoms with Crippen LogP contribution in [-0.2, 0) is 0 Å². The zero-order valence-corrected chi connectivity index (χ0v) is 14.0. The van der Waals surface area contributed by atoms with Crippen molar-refractivity contribution < 1.29 is 0 Å². The molecule has 0 amide bonds. The molecule has 0 saturated heterocycles. The lowest BCUT2D eigenvalue weighted by Crippen LogP contribution is -2.39. The minimum Gasteiger partial charge on any atom is -0.310 e. The average molecular weight is 288 g/mol. The van der Waals surface area contributed by atoms with Crippen molar-refractivity contribution in [2.24, 2.45) is 11.8 Å².